The van der Waals surface area contributed by atoms with E-state index in [2.05, 4.69) is 48.7 Å². The number of hydrogen-bond donors (Lipinski definition) is 2. The molecule has 1 heterocycles. The van der Waals surface area contributed by atoms with Crippen molar-refractivity contribution >= 4 is 11.8 Å². The molecule has 1 saturated heterocycles. The fraction of sp³-hybridized carbons (Fsp3) is 0.731. The third kappa shape index (κ3) is 9.78. The van der Waals surface area contributed by atoms with Gasteiger partial charge in [-0.1, -0.05) is 64.5 Å². The molecule has 0 saturated carbocycles. The molecule has 0 radical (unpaired) electrons. The summed E-state index contributed by atoms with van der Waals surface area (Å²) in [5.74, 6) is -0.657. The molecule has 1 aliphatic heterocycles. The van der Waals surface area contributed by atoms with E-state index in [1.807, 2.05) is 13.8 Å². The average Bonchev–Trinajstić information content (AvgIpc) is 2.78. The zero-order chi connectivity index (χ0) is 23.3. The number of carbonyl (C=O) groups is 1. The van der Waals surface area contributed by atoms with Gasteiger partial charge in [0.05, 0.1) is 19.8 Å². The second kappa shape index (κ2) is 13.7. The maximum absolute atomic E-state index is 12.3. The number of benzene rings is 1. The average molecular weight is 449 g/mol. The van der Waals surface area contributed by atoms with Gasteiger partial charge in [0.25, 0.3) is 0 Å². The van der Waals surface area contributed by atoms with Crippen LogP contribution in [0.1, 0.15) is 84.6 Å². The lowest BCUT2D eigenvalue weighted by Crippen LogP contribution is -2.64. The van der Waals surface area contributed by atoms with Crippen molar-refractivity contribution in [2.45, 2.75) is 96.8 Å². The minimum atomic E-state index is -0.685. The number of carbonyl (C=O) groups excluding carboxylic acids is 1. The quantitative estimate of drug-likeness (QED) is 0.339. The highest BCUT2D eigenvalue weighted by molar-refractivity contribution is 5.68. The van der Waals surface area contributed by atoms with Crippen LogP contribution in [0.4, 0.5) is 10.5 Å². The maximum atomic E-state index is 12.3. The van der Waals surface area contributed by atoms with Gasteiger partial charge in [0, 0.05) is 12.2 Å². The van der Waals surface area contributed by atoms with Crippen LogP contribution in [0.2, 0.25) is 0 Å². The lowest BCUT2D eigenvalue weighted by Gasteiger charge is -2.43. The molecule has 6 heteroatoms. The molecule has 2 N–H and O–H groups in total. The monoisotopic (exact) mass is 448 g/mol. The zero-order valence-electron chi connectivity index (χ0n) is 20.6. The predicted molar refractivity (Wildman–Crippen MR) is 130 cm³/mol. The smallest absolute Gasteiger partial charge is 0.407 e. The molecule has 0 aliphatic carbocycles. The summed E-state index contributed by atoms with van der Waals surface area (Å²) in [6.45, 7) is 9.69. The SMILES string of the molecule is CCCCCCCCc1ccc(NCC2(NC(=O)OCCCC)COC(C)(C)OC2)cc1. The molecule has 2 rings (SSSR count). The highest BCUT2D eigenvalue weighted by Gasteiger charge is 2.41. The van der Waals surface area contributed by atoms with Gasteiger partial charge in [-0.25, -0.2) is 4.79 Å². The first kappa shape index (κ1) is 26.5. The number of nitrogens with one attached hydrogen (secondary N) is 2. The summed E-state index contributed by atoms with van der Waals surface area (Å²) in [7, 11) is 0. The number of rotatable bonds is 14. The molecule has 0 spiro atoms. The number of amides is 1. The van der Waals surface area contributed by atoms with Crippen molar-refractivity contribution in [2.24, 2.45) is 0 Å². The molecular weight excluding hydrogens is 404 g/mol. The maximum Gasteiger partial charge on any atom is 0.407 e. The number of anilines is 1. The largest absolute Gasteiger partial charge is 0.450 e. The van der Waals surface area contributed by atoms with Gasteiger partial charge in [0.15, 0.2) is 5.79 Å². The van der Waals surface area contributed by atoms with Gasteiger partial charge >= 0.3 is 6.09 Å². The van der Waals surface area contributed by atoms with E-state index in [4.69, 9.17) is 14.2 Å². The van der Waals surface area contributed by atoms with Crippen molar-refractivity contribution in [1.82, 2.24) is 5.32 Å². The van der Waals surface area contributed by atoms with Crippen molar-refractivity contribution in [1.29, 1.82) is 0 Å². The normalized spacial score (nSPS) is 17.0. The van der Waals surface area contributed by atoms with Crippen molar-refractivity contribution in [3.63, 3.8) is 0 Å². The van der Waals surface area contributed by atoms with Crippen LogP contribution in [0.5, 0.6) is 0 Å². The Bertz CT molecular complexity index is 650. The van der Waals surface area contributed by atoms with Gasteiger partial charge in [0.2, 0.25) is 0 Å². The Hall–Kier alpha value is -1.79. The fourth-order valence-electron chi connectivity index (χ4n) is 3.66. The first-order chi connectivity index (χ1) is 15.4. The van der Waals surface area contributed by atoms with Gasteiger partial charge < -0.3 is 24.8 Å². The Morgan fingerprint density at radius 2 is 1.56 bits per heavy atom. The topological polar surface area (TPSA) is 68.8 Å². The Kier molecular flexibility index (Phi) is 11.3. The highest BCUT2D eigenvalue weighted by Crippen LogP contribution is 2.24. The van der Waals surface area contributed by atoms with Gasteiger partial charge in [-0.3, -0.25) is 0 Å². The van der Waals surface area contributed by atoms with Crippen molar-refractivity contribution in [3.8, 4) is 0 Å². The van der Waals surface area contributed by atoms with Crippen molar-refractivity contribution in [2.75, 3.05) is 31.7 Å². The number of unbranched alkanes of at least 4 members (excludes halogenated alkanes) is 6. The van der Waals surface area contributed by atoms with Gasteiger partial charge in [-0.15, -0.1) is 0 Å². The lowest BCUT2D eigenvalue weighted by atomic mass is 10.00. The standard InChI is InChI=1S/C26H44N2O4/c1-5-7-9-10-11-12-13-22-14-16-23(17-15-22)27-19-26(20-31-25(3,4)32-21-26)28-24(29)30-18-8-6-2/h14-17,27H,5-13,18-21H2,1-4H3,(H,28,29). The molecule has 1 aromatic carbocycles. The first-order valence-electron chi connectivity index (χ1n) is 12.4. The van der Waals surface area contributed by atoms with E-state index in [1.165, 1.54) is 44.1 Å². The number of alkyl carbamates (subject to hydrolysis) is 1. The van der Waals surface area contributed by atoms with E-state index >= 15 is 0 Å². The van der Waals surface area contributed by atoms with Crippen LogP contribution in [0, 0.1) is 0 Å². The Morgan fingerprint density at radius 1 is 0.938 bits per heavy atom. The number of hydrogen-bond acceptors (Lipinski definition) is 5. The highest BCUT2D eigenvalue weighted by atomic mass is 16.7. The summed E-state index contributed by atoms with van der Waals surface area (Å²) in [5, 5.41) is 6.43. The molecular formula is C26H44N2O4. The number of ether oxygens (including phenoxy) is 3. The van der Waals surface area contributed by atoms with Crippen LogP contribution in [0.25, 0.3) is 0 Å². The van der Waals surface area contributed by atoms with E-state index in [9.17, 15) is 4.79 Å². The van der Waals surface area contributed by atoms with Crippen LogP contribution in [0.3, 0.4) is 0 Å². The first-order valence-corrected chi connectivity index (χ1v) is 12.4. The Labute approximate surface area is 194 Å². The molecule has 1 amide bonds. The molecule has 0 unspecified atom stereocenters. The Morgan fingerprint density at radius 3 is 2.22 bits per heavy atom. The summed E-state index contributed by atoms with van der Waals surface area (Å²) in [5.41, 5.74) is 1.70. The molecule has 1 aliphatic rings. The zero-order valence-corrected chi connectivity index (χ0v) is 20.6. The number of aryl methyl sites for hydroxylation is 1. The van der Waals surface area contributed by atoms with Crippen LogP contribution >= 0.6 is 0 Å². The predicted octanol–water partition coefficient (Wildman–Crippen LogP) is 6.05. The van der Waals surface area contributed by atoms with Crippen LogP contribution < -0.4 is 10.6 Å². The van der Waals surface area contributed by atoms with E-state index in [-0.39, 0.29) is 0 Å². The molecule has 32 heavy (non-hydrogen) atoms. The lowest BCUT2D eigenvalue weighted by molar-refractivity contribution is -0.268. The van der Waals surface area contributed by atoms with Gasteiger partial charge in [0.1, 0.15) is 5.54 Å². The summed E-state index contributed by atoms with van der Waals surface area (Å²) in [4.78, 5) is 12.3. The minimum Gasteiger partial charge on any atom is -0.450 e. The van der Waals surface area contributed by atoms with Crippen LogP contribution in [-0.4, -0.2) is 43.8 Å². The second-order valence-corrected chi connectivity index (χ2v) is 9.44. The molecule has 1 fully saturated rings. The van der Waals surface area contributed by atoms with Crippen molar-refractivity contribution < 1.29 is 19.0 Å². The van der Waals surface area contributed by atoms with Crippen LogP contribution in [-0.2, 0) is 20.6 Å². The molecule has 0 aromatic heterocycles. The van der Waals surface area contributed by atoms with Crippen molar-refractivity contribution in [3.05, 3.63) is 29.8 Å². The van der Waals surface area contributed by atoms with E-state index in [0.29, 0.717) is 26.4 Å². The van der Waals surface area contributed by atoms with Crippen LogP contribution in [0.15, 0.2) is 24.3 Å². The molecule has 6 nitrogen and oxygen atoms in total. The molecule has 1 aromatic rings. The van der Waals surface area contributed by atoms with Gasteiger partial charge in [-0.2, -0.15) is 0 Å². The molecule has 182 valence electrons. The fourth-order valence-corrected chi connectivity index (χ4v) is 3.66. The third-order valence-electron chi connectivity index (χ3n) is 5.89. The Balaban J connectivity index is 1.85. The molecule has 0 atom stereocenters. The van der Waals surface area contributed by atoms with Gasteiger partial charge in [-0.05, 0) is 50.8 Å². The second-order valence-electron chi connectivity index (χ2n) is 9.44. The third-order valence-corrected chi connectivity index (χ3v) is 5.89. The van der Waals surface area contributed by atoms with E-state index in [1.54, 1.807) is 0 Å². The summed E-state index contributed by atoms with van der Waals surface area (Å²) in [6, 6.07) is 8.58. The summed E-state index contributed by atoms with van der Waals surface area (Å²) in [6.07, 6.45) is 10.4. The van der Waals surface area contributed by atoms with E-state index < -0.39 is 17.4 Å². The molecule has 0 bridgehead atoms. The summed E-state index contributed by atoms with van der Waals surface area (Å²) >= 11 is 0. The van der Waals surface area contributed by atoms with E-state index in [0.717, 1.165) is 24.9 Å². The summed E-state index contributed by atoms with van der Waals surface area (Å²) < 4.78 is 17.0. The minimum absolute atomic E-state index is 0.353.